The van der Waals surface area contributed by atoms with Gasteiger partial charge in [-0.15, -0.1) is 0 Å². The monoisotopic (exact) mass is 408 g/mol. The van der Waals surface area contributed by atoms with Crippen LogP contribution < -0.4 is 0 Å². The van der Waals surface area contributed by atoms with E-state index in [4.69, 9.17) is 4.74 Å². The number of carbonyl (C=O) groups is 2. The number of halogens is 2. The third-order valence-corrected chi connectivity index (χ3v) is 4.62. The highest BCUT2D eigenvalue weighted by Crippen LogP contribution is 2.22. The molecule has 1 aromatic carbocycles. The second-order valence-corrected chi connectivity index (χ2v) is 6.69. The van der Waals surface area contributed by atoms with Crippen LogP contribution in [-0.2, 0) is 16.0 Å². The zero-order chi connectivity index (χ0) is 21.4. The van der Waals surface area contributed by atoms with Gasteiger partial charge in [-0.25, -0.2) is 18.4 Å². The maximum Gasteiger partial charge on any atom is 0.337 e. The summed E-state index contributed by atoms with van der Waals surface area (Å²) in [4.78, 5) is 27.6. The number of nitrogens with zero attached hydrogens (tertiary/aromatic N) is 2. The molecule has 1 aromatic rings. The Kier molecular flexibility index (Phi) is 8.33. The zero-order valence-corrected chi connectivity index (χ0v) is 16.7. The number of morpholine rings is 1. The molecule has 1 aliphatic rings. The fourth-order valence-electron chi connectivity index (χ4n) is 3.01. The van der Waals surface area contributed by atoms with Gasteiger partial charge in [-0.2, -0.15) is 0 Å². The van der Waals surface area contributed by atoms with E-state index >= 15 is 0 Å². The predicted molar refractivity (Wildman–Crippen MR) is 105 cm³/mol. The van der Waals surface area contributed by atoms with Gasteiger partial charge in [0.1, 0.15) is 5.83 Å². The van der Waals surface area contributed by atoms with Crippen LogP contribution in [0, 0.1) is 0 Å². The number of carbonyl (C=O) groups excluding carboxylic acids is 2. The summed E-state index contributed by atoms with van der Waals surface area (Å²) in [7, 11) is 1.29. The minimum atomic E-state index is -1.02. The van der Waals surface area contributed by atoms with E-state index in [0.29, 0.717) is 37.4 Å². The molecule has 8 heteroatoms. The number of ether oxygens (including phenoxy) is 2. The molecule has 2 amide bonds. The smallest absolute Gasteiger partial charge is 0.337 e. The topological polar surface area (TPSA) is 59.1 Å². The third-order valence-electron chi connectivity index (χ3n) is 4.62. The van der Waals surface area contributed by atoms with E-state index in [0.717, 1.165) is 0 Å². The Balaban J connectivity index is 2.29. The van der Waals surface area contributed by atoms with Crippen LogP contribution in [0.4, 0.5) is 13.6 Å². The first-order valence-corrected chi connectivity index (χ1v) is 9.30. The number of benzene rings is 1. The SMILES string of the molecule is C=C(F)C(C/C=C(\C)F)N(Cc1ccc(C(=O)OC)cc1)C(=O)N1CCOCC1. The van der Waals surface area contributed by atoms with Gasteiger partial charge in [0.25, 0.3) is 0 Å². The number of rotatable bonds is 7. The minimum absolute atomic E-state index is 0.0337. The molecule has 0 radical (unpaired) electrons. The van der Waals surface area contributed by atoms with Crippen LogP contribution in [0.1, 0.15) is 29.3 Å². The summed E-state index contributed by atoms with van der Waals surface area (Å²) in [6.07, 6.45) is 1.20. The summed E-state index contributed by atoms with van der Waals surface area (Å²) in [5, 5.41) is 0. The highest BCUT2D eigenvalue weighted by molar-refractivity contribution is 5.89. The van der Waals surface area contributed by atoms with Crippen molar-refractivity contribution < 1.29 is 27.8 Å². The molecular formula is C21H26F2N2O4. The van der Waals surface area contributed by atoms with Gasteiger partial charge in [0, 0.05) is 19.6 Å². The van der Waals surface area contributed by atoms with Gasteiger partial charge >= 0.3 is 12.0 Å². The Morgan fingerprint density at radius 3 is 2.41 bits per heavy atom. The molecule has 2 rings (SSSR count). The lowest BCUT2D eigenvalue weighted by Crippen LogP contribution is -2.51. The Bertz CT molecular complexity index is 754. The molecule has 1 heterocycles. The highest BCUT2D eigenvalue weighted by atomic mass is 19.1. The lowest BCUT2D eigenvalue weighted by molar-refractivity contribution is 0.0388. The van der Waals surface area contributed by atoms with E-state index in [1.165, 1.54) is 25.0 Å². The largest absolute Gasteiger partial charge is 0.465 e. The van der Waals surface area contributed by atoms with Crippen molar-refractivity contribution >= 4 is 12.0 Å². The van der Waals surface area contributed by atoms with Crippen LogP contribution in [0.2, 0.25) is 0 Å². The van der Waals surface area contributed by atoms with Crippen molar-refractivity contribution in [3.63, 3.8) is 0 Å². The Labute approximate surface area is 169 Å². The molecule has 29 heavy (non-hydrogen) atoms. The summed E-state index contributed by atoms with van der Waals surface area (Å²) < 4.78 is 37.5. The quantitative estimate of drug-likeness (QED) is 0.643. The van der Waals surface area contributed by atoms with Crippen molar-refractivity contribution in [2.75, 3.05) is 33.4 Å². The summed E-state index contributed by atoms with van der Waals surface area (Å²) in [5.41, 5.74) is 1.05. The molecule has 0 saturated carbocycles. The lowest BCUT2D eigenvalue weighted by Gasteiger charge is -2.36. The maximum atomic E-state index is 14.3. The Morgan fingerprint density at radius 2 is 1.90 bits per heavy atom. The molecule has 6 nitrogen and oxygen atoms in total. The van der Waals surface area contributed by atoms with E-state index in [1.807, 2.05) is 0 Å². The number of allylic oxidation sites excluding steroid dienone is 1. The molecule has 0 aliphatic carbocycles. The van der Waals surface area contributed by atoms with Crippen molar-refractivity contribution in [1.29, 1.82) is 0 Å². The molecule has 1 saturated heterocycles. The average molecular weight is 408 g/mol. The first kappa shape index (κ1) is 22.5. The molecule has 0 N–H and O–H groups in total. The summed E-state index contributed by atoms with van der Waals surface area (Å²) in [5.74, 6) is -1.66. The minimum Gasteiger partial charge on any atom is -0.465 e. The number of amides is 2. The van der Waals surface area contributed by atoms with Gasteiger partial charge in [-0.05, 0) is 31.0 Å². The van der Waals surface area contributed by atoms with Crippen LogP contribution in [0.15, 0.2) is 48.6 Å². The molecule has 1 unspecified atom stereocenters. The average Bonchev–Trinajstić information content (AvgIpc) is 2.72. The van der Waals surface area contributed by atoms with Gasteiger partial charge in [-0.3, -0.25) is 0 Å². The van der Waals surface area contributed by atoms with Gasteiger partial charge in [-0.1, -0.05) is 24.8 Å². The van der Waals surface area contributed by atoms with Crippen LogP contribution in [0.25, 0.3) is 0 Å². The Morgan fingerprint density at radius 1 is 1.28 bits per heavy atom. The van der Waals surface area contributed by atoms with Crippen LogP contribution in [0.3, 0.4) is 0 Å². The number of esters is 1. The first-order valence-electron chi connectivity index (χ1n) is 9.30. The van der Waals surface area contributed by atoms with E-state index < -0.39 is 23.7 Å². The van der Waals surface area contributed by atoms with Gasteiger partial charge < -0.3 is 19.3 Å². The standard InChI is InChI=1S/C21H26F2N2O4/c1-15(22)4-9-19(16(2)23)25(21(27)24-10-12-29-13-11-24)14-17-5-7-18(8-6-17)20(26)28-3/h4-8,19H,2,9-14H2,1,3H3/b15-4+. The number of hydrogen-bond acceptors (Lipinski definition) is 4. The second-order valence-electron chi connectivity index (χ2n) is 6.69. The normalized spacial score (nSPS) is 15.6. The maximum absolute atomic E-state index is 14.3. The number of methoxy groups -OCH3 is 1. The third kappa shape index (κ3) is 6.39. The lowest BCUT2D eigenvalue weighted by atomic mass is 10.1. The van der Waals surface area contributed by atoms with Crippen molar-refractivity contribution in [3.05, 3.63) is 59.7 Å². The van der Waals surface area contributed by atoms with Crippen LogP contribution in [-0.4, -0.2) is 61.3 Å². The predicted octanol–water partition coefficient (Wildman–Crippen LogP) is 3.84. The Hall–Kier alpha value is -2.74. The molecule has 1 fully saturated rings. The molecule has 1 atom stereocenters. The van der Waals surface area contributed by atoms with Gasteiger partial charge in [0.05, 0.1) is 37.8 Å². The molecule has 0 spiro atoms. The summed E-state index contributed by atoms with van der Waals surface area (Å²) in [6.45, 7) is 6.27. The van der Waals surface area contributed by atoms with Crippen molar-refractivity contribution in [2.45, 2.75) is 25.9 Å². The van der Waals surface area contributed by atoms with E-state index in [2.05, 4.69) is 11.3 Å². The molecule has 158 valence electrons. The molecule has 0 bridgehead atoms. The van der Waals surface area contributed by atoms with E-state index in [1.54, 1.807) is 29.2 Å². The fourth-order valence-corrected chi connectivity index (χ4v) is 3.01. The van der Waals surface area contributed by atoms with E-state index in [-0.39, 0.29) is 19.0 Å². The first-order chi connectivity index (χ1) is 13.8. The summed E-state index contributed by atoms with van der Waals surface area (Å²) in [6, 6.07) is 5.09. The van der Waals surface area contributed by atoms with E-state index in [9.17, 15) is 18.4 Å². The fraction of sp³-hybridized carbons (Fsp3) is 0.429. The highest BCUT2D eigenvalue weighted by Gasteiger charge is 2.30. The zero-order valence-electron chi connectivity index (χ0n) is 16.7. The number of urea groups is 1. The van der Waals surface area contributed by atoms with Gasteiger partial charge in [0.2, 0.25) is 0 Å². The summed E-state index contributed by atoms with van der Waals surface area (Å²) >= 11 is 0. The number of hydrogen-bond donors (Lipinski definition) is 0. The van der Waals surface area contributed by atoms with Crippen LogP contribution in [0.5, 0.6) is 0 Å². The van der Waals surface area contributed by atoms with Crippen molar-refractivity contribution in [1.82, 2.24) is 9.80 Å². The second kappa shape index (κ2) is 10.7. The molecule has 0 aromatic heterocycles. The van der Waals surface area contributed by atoms with Crippen molar-refractivity contribution in [3.8, 4) is 0 Å². The molecule has 1 aliphatic heterocycles. The van der Waals surface area contributed by atoms with Gasteiger partial charge in [0.15, 0.2) is 0 Å². The molecular weight excluding hydrogens is 382 g/mol. The van der Waals surface area contributed by atoms with Crippen molar-refractivity contribution in [2.24, 2.45) is 0 Å². The van der Waals surface area contributed by atoms with Crippen LogP contribution >= 0.6 is 0 Å².